The summed E-state index contributed by atoms with van der Waals surface area (Å²) in [6.45, 7) is 6.86. The molecule has 9 rings (SSSR count). The molecule has 3 aromatic rings. The number of aliphatic hydroxyl groups excluding tert-OH is 1. The van der Waals surface area contributed by atoms with E-state index in [2.05, 4.69) is 44.3 Å². The van der Waals surface area contributed by atoms with E-state index >= 15 is 0 Å². The summed E-state index contributed by atoms with van der Waals surface area (Å²) in [6, 6.07) is 24.5. The number of carbonyl (C=O) groups excluding carboxylic acids is 3. The first-order valence-electron chi connectivity index (χ1n) is 21.9. The lowest BCUT2D eigenvalue weighted by Gasteiger charge is -2.53. The minimum atomic E-state index is -0.960. The van der Waals surface area contributed by atoms with Crippen molar-refractivity contribution >= 4 is 23.9 Å². The summed E-state index contributed by atoms with van der Waals surface area (Å²) in [7, 11) is 1.62. The van der Waals surface area contributed by atoms with E-state index in [0.29, 0.717) is 35.8 Å². The maximum absolute atomic E-state index is 14.6. The minimum Gasteiger partial charge on any atom is -0.456 e. The number of epoxide rings is 1. The first kappa shape index (κ1) is 40.8. The van der Waals surface area contributed by atoms with Crippen molar-refractivity contribution in [3.8, 4) is 0 Å². The fraction of sp³-hybridized carbons (Fsp3) is 0.500. The molecule has 2 amide bonds. The number of nitrogens with zero attached hydrogens (tertiary/aromatic N) is 1. The maximum atomic E-state index is 14.6. The number of amides is 2. The van der Waals surface area contributed by atoms with Crippen LogP contribution in [0.3, 0.4) is 0 Å². The zero-order valence-electron chi connectivity index (χ0n) is 35.2. The molecule has 0 radical (unpaired) electrons. The quantitative estimate of drug-likeness (QED) is 0.170. The summed E-state index contributed by atoms with van der Waals surface area (Å²) >= 11 is 0. The van der Waals surface area contributed by atoms with Crippen molar-refractivity contribution in [1.29, 1.82) is 0 Å². The van der Waals surface area contributed by atoms with Gasteiger partial charge in [-0.25, -0.2) is 4.79 Å². The van der Waals surface area contributed by atoms with Gasteiger partial charge in [0.05, 0.1) is 23.9 Å². The third kappa shape index (κ3) is 7.88. The molecular weight excluding hydrogens is 757 g/mol. The summed E-state index contributed by atoms with van der Waals surface area (Å²) in [5, 5.41) is 12.2. The standard InChI is InChI=1S/C50H58N2O8/c1-48(2)30-38-33(18-19-43-49(3,59-43)21-20-39(38)48)25-32-14-10-11-17-37(32)47(56)57-41-26-36(27-42-44(41)60-50(58-42)28-34-15-8-9-16-35(34)29-50)46(55)52(4)40(45(54)51-22-23-53)24-31-12-6-5-7-13-31/h5-17,25,27,38-44,53H,18-24,26,28-30H2,1-4H3,(H,51,54). The highest BCUT2D eigenvalue weighted by Crippen LogP contribution is 2.60. The Morgan fingerprint density at radius 1 is 0.933 bits per heavy atom. The number of aliphatic hydroxyl groups is 1. The Bertz CT molecular complexity index is 2170. The Kier molecular flexibility index (Phi) is 10.9. The Labute approximate surface area is 353 Å². The van der Waals surface area contributed by atoms with E-state index in [1.807, 2.05) is 66.7 Å². The molecule has 0 aromatic heterocycles. The number of fused-ring (bicyclic) bond motifs is 4. The zero-order valence-corrected chi connectivity index (χ0v) is 35.2. The molecule has 2 N–H and O–H groups in total. The van der Waals surface area contributed by atoms with E-state index in [9.17, 15) is 19.5 Å². The highest BCUT2D eigenvalue weighted by atomic mass is 16.8. The van der Waals surface area contributed by atoms with Crippen molar-refractivity contribution in [3.05, 3.63) is 124 Å². The van der Waals surface area contributed by atoms with Crippen molar-refractivity contribution in [1.82, 2.24) is 10.2 Å². The van der Waals surface area contributed by atoms with E-state index in [1.54, 1.807) is 13.1 Å². The third-order valence-electron chi connectivity index (χ3n) is 14.4. The highest BCUT2D eigenvalue weighted by molar-refractivity contribution is 5.98. The van der Waals surface area contributed by atoms with Crippen molar-refractivity contribution < 1.29 is 38.4 Å². The number of benzene rings is 3. The van der Waals surface area contributed by atoms with Crippen LogP contribution in [0.4, 0.5) is 0 Å². The van der Waals surface area contributed by atoms with Crippen LogP contribution in [0, 0.1) is 17.3 Å². The fourth-order valence-corrected chi connectivity index (χ4v) is 11.0. The third-order valence-corrected chi connectivity index (χ3v) is 14.4. The van der Waals surface area contributed by atoms with E-state index < -0.39 is 36.1 Å². The Hall–Kier alpha value is -4.61. The topological polar surface area (TPSA) is 127 Å². The number of carbonyl (C=O) groups is 3. The van der Waals surface area contributed by atoms with Gasteiger partial charge in [-0.1, -0.05) is 98.3 Å². The lowest BCUT2D eigenvalue weighted by atomic mass is 9.52. The van der Waals surface area contributed by atoms with Crippen LogP contribution in [0.25, 0.3) is 6.08 Å². The number of esters is 1. The van der Waals surface area contributed by atoms with Crippen LogP contribution in [0.5, 0.6) is 0 Å². The molecule has 2 heterocycles. The fourth-order valence-electron chi connectivity index (χ4n) is 11.0. The normalized spacial score (nSPS) is 30.5. The molecule has 0 bridgehead atoms. The Morgan fingerprint density at radius 3 is 2.38 bits per heavy atom. The molecule has 8 unspecified atom stereocenters. The van der Waals surface area contributed by atoms with Crippen molar-refractivity contribution in [2.45, 2.75) is 120 Å². The van der Waals surface area contributed by atoms with Gasteiger partial charge in [-0.15, -0.1) is 0 Å². The Balaban J connectivity index is 0.999. The van der Waals surface area contributed by atoms with Crippen LogP contribution in [0.2, 0.25) is 0 Å². The average Bonchev–Trinajstić information content (AvgIpc) is 3.52. The summed E-state index contributed by atoms with van der Waals surface area (Å²) in [6.07, 6.45) is 8.83. The molecule has 1 spiro atoms. The van der Waals surface area contributed by atoms with E-state index in [-0.39, 0.29) is 54.9 Å². The number of hydrogen-bond donors (Lipinski definition) is 2. The number of likely N-dealkylation sites (N-methyl/N-ethyl adjacent to an activating group) is 1. The second-order valence-corrected chi connectivity index (χ2v) is 18.9. The zero-order chi connectivity index (χ0) is 41.8. The number of rotatable bonds is 10. The molecule has 2 saturated heterocycles. The van der Waals surface area contributed by atoms with Gasteiger partial charge in [0.2, 0.25) is 11.8 Å². The van der Waals surface area contributed by atoms with Crippen LogP contribution in [-0.2, 0) is 47.8 Å². The van der Waals surface area contributed by atoms with E-state index in [1.165, 1.54) is 10.5 Å². The molecule has 4 fully saturated rings. The average molecular weight is 815 g/mol. The van der Waals surface area contributed by atoms with Gasteiger partial charge in [0.25, 0.3) is 0 Å². The predicted octanol–water partition coefficient (Wildman–Crippen LogP) is 6.78. The van der Waals surface area contributed by atoms with Gasteiger partial charge in [0, 0.05) is 44.8 Å². The minimum absolute atomic E-state index is 0.0181. The van der Waals surface area contributed by atoms with E-state index in [4.69, 9.17) is 18.9 Å². The molecule has 2 saturated carbocycles. The van der Waals surface area contributed by atoms with Crippen LogP contribution in [-0.4, -0.2) is 89.8 Å². The molecular formula is C50H58N2O8. The van der Waals surface area contributed by atoms with E-state index in [0.717, 1.165) is 54.4 Å². The van der Waals surface area contributed by atoms with Crippen molar-refractivity contribution in [2.75, 3.05) is 20.2 Å². The molecule has 6 aliphatic rings. The Morgan fingerprint density at radius 2 is 1.65 bits per heavy atom. The van der Waals surface area contributed by atoms with Crippen molar-refractivity contribution in [2.24, 2.45) is 17.3 Å². The molecule has 10 heteroatoms. The van der Waals surface area contributed by atoms with Gasteiger partial charge in [0.1, 0.15) is 24.4 Å². The number of ether oxygens (including phenoxy) is 4. The van der Waals surface area contributed by atoms with Gasteiger partial charge in [-0.3, -0.25) is 9.59 Å². The number of nitrogens with one attached hydrogen (secondary N) is 1. The van der Waals surface area contributed by atoms with Gasteiger partial charge in [-0.2, -0.15) is 0 Å². The lowest BCUT2D eigenvalue weighted by Crippen LogP contribution is -2.51. The summed E-state index contributed by atoms with van der Waals surface area (Å²) in [4.78, 5) is 44.1. The molecule has 10 nitrogen and oxygen atoms in total. The first-order valence-corrected chi connectivity index (χ1v) is 21.9. The number of hydrogen-bond acceptors (Lipinski definition) is 8. The summed E-state index contributed by atoms with van der Waals surface area (Å²) in [5.41, 5.74) is 6.46. The smallest absolute Gasteiger partial charge is 0.339 e. The van der Waals surface area contributed by atoms with Crippen LogP contribution >= 0.6 is 0 Å². The molecule has 60 heavy (non-hydrogen) atoms. The molecule has 316 valence electrons. The monoisotopic (exact) mass is 814 g/mol. The SMILES string of the molecule is CN(C(=O)C1=CC2OC3(Cc4ccccc4C3)OC2C(OC(=O)c2ccccc2C=C2CCC3OC3(C)CCC3C2CC3(C)C)C1)C(Cc1ccccc1)C(=O)NCCO. The molecule has 4 aliphatic carbocycles. The molecule has 2 aliphatic heterocycles. The molecule has 8 atom stereocenters. The number of allylic oxidation sites excluding steroid dienone is 1. The largest absolute Gasteiger partial charge is 0.456 e. The van der Waals surface area contributed by atoms with Crippen LogP contribution in [0.1, 0.15) is 91.9 Å². The predicted molar refractivity (Wildman–Crippen MR) is 227 cm³/mol. The van der Waals surface area contributed by atoms with Crippen molar-refractivity contribution in [3.63, 3.8) is 0 Å². The second kappa shape index (κ2) is 16.0. The second-order valence-electron chi connectivity index (χ2n) is 18.9. The molecule has 3 aromatic carbocycles. The van der Waals surface area contributed by atoms with Gasteiger partial charge in [0.15, 0.2) is 5.79 Å². The first-order chi connectivity index (χ1) is 28.8. The lowest BCUT2D eigenvalue weighted by molar-refractivity contribution is -0.172. The van der Waals surface area contributed by atoms with Crippen LogP contribution < -0.4 is 5.32 Å². The summed E-state index contributed by atoms with van der Waals surface area (Å²) < 4.78 is 26.3. The van der Waals surface area contributed by atoms with Crippen LogP contribution in [0.15, 0.2) is 96.1 Å². The maximum Gasteiger partial charge on any atom is 0.339 e. The summed E-state index contributed by atoms with van der Waals surface area (Å²) in [5.74, 6) is -1.16. The highest BCUT2D eigenvalue weighted by Gasteiger charge is 2.57. The van der Waals surface area contributed by atoms with Gasteiger partial charge in [-0.05, 0) is 90.7 Å². The van der Waals surface area contributed by atoms with Gasteiger partial charge < -0.3 is 34.3 Å². The van der Waals surface area contributed by atoms with Gasteiger partial charge >= 0.3 is 5.97 Å².